The lowest BCUT2D eigenvalue weighted by atomic mass is 9.80. The molecule has 0 amide bonds. The molecule has 5 nitrogen and oxygen atoms in total. The van der Waals surface area contributed by atoms with Gasteiger partial charge in [0, 0.05) is 19.7 Å². The van der Waals surface area contributed by atoms with E-state index in [0.29, 0.717) is 6.61 Å². The molecular formula is C14H22BI2NO4. The SMILES string of the molecule is CCCCOCC(CNCc1ccc(B(O)OI)cc1)OI. The van der Waals surface area contributed by atoms with Gasteiger partial charge in [-0.05, 0) is 17.4 Å². The number of rotatable bonds is 12. The molecule has 0 bridgehead atoms. The summed E-state index contributed by atoms with van der Waals surface area (Å²) in [6.45, 7) is 5.01. The highest BCUT2D eigenvalue weighted by Crippen LogP contribution is 2.02. The lowest BCUT2D eigenvalue weighted by Crippen LogP contribution is -2.32. The van der Waals surface area contributed by atoms with Gasteiger partial charge in [-0.25, -0.2) is 0 Å². The van der Waals surface area contributed by atoms with Crippen LogP contribution in [0.3, 0.4) is 0 Å². The molecule has 0 aromatic heterocycles. The molecule has 22 heavy (non-hydrogen) atoms. The van der Waals surface area contributed by atoms with Crippen LogP contribution >= 0.6 is 46.0 Å². The second kappa shape index (κ2) is 12.9. The highest BCUT2D eigenvalue weighted by atomic mass is 127. The highest BCUT2D eigenvalue weighted by molar-refractivity contribution is 14.1. The molecule has 0 aliphatic heterocycles. The fourth-order valence-electron chi connectivity index (χ4n) is 1.81. The summed E-state index contributed by atoms with van der Waals surface area (Å²) in [6.07, 6.45) is 2.27. The molecule has 0 fully saturated rings. The fraction of sp³-hybridized carbons (Fsp3) is 0.571. The molecule has 124 valence electrons. The Bertz CT molecular complexity index is 397. The molecule has 1 aromatic rings. The number of halogens is 2. The quantitative estimate of drug-likeness (QED) is 0.246. The Labute approximate surface area is 161 Å². The van der Waals surface area contributed by atoms with E-state index in [1.165, 1.54) is 0 Å². The first-order valence-corrected chi connectivity index (χ1v) is 9.07. The number of ether oxygens (including phenoxy) is 1. The van der Waals surface area contributed by atoms with Gasteiger partial charge >= 0.3 is 7.12 Å². The summed E-state index contributed by atoms with van der Waals surface area (Å²) in [5.74, 6) is 0. The number of benzene rings is 1. The summed E-state index contributed by atoms with van der Waals surface area (Å²) in [7, 11) is -0.875. The van der Waals surface area contributed by atoms with Crippen molar-refractivity contribution in [3.63, 3.8) is 0 Å². The maximum Gasteiger partial charge on any atom is 0.500 e. The van der Waals surface area contributed by atoms with E-state index in [1.54, 1.807) is 23.0 Å². The largest absolute Gasteiger partial charge is 0.500 e. The second-order valence-electron chi connectivity index (χ2n) is 4.95. The van der Waals surface area contributed by atoms with Crippen molar-refractivity contribution in [2.45, 2.75) is 32.4 Å². The van der Waals surface area contributed by atoms with Crippen molar-refractivity contribution in [2.24, 2.45) is 0 Å². The molecule has 1 unspecified atom stereocenters. The zero-order valence-electron chi connectivity index (χ0n) is 12.6. The van der Waals surface area contributed by atoms with Crippen LogP contribution in [-0.4, -0.2) is 38.0 Å². The summed E-state index contributed by atoms with van der Waals surface area (Å²) in [5, 5.41) is 12.9. The van der Waals surface area contributed by atoms with Gasteiger partial charge in [-0.15, -0.1) is 0 Å². The number of unbranched alkanes of at least 4 members (excludes halogenated alkanes) is 1. The molecule has 2 N–H and O–H groups in total. The molecule has 1 atom stereocenters. The van der Waals surface area contributed by atoms with Gasteiger partial charge in [-0.1, -0.05) is 37.6 Å². The Hall–Kier alpha value is 0.545. The molecule has 0 radical (unpaired) electrons. The standard InChI is InChI=1S/C14H22BI2NO4/c1-2-3-8-20-11-14(21-16)10-18-9-12-4-6-13(7-5-12)15(19)22-17/h4-7,14,18-19H,2-3,8-11H2,1H3. The van der Waals surface area contributed by atoms with Crippen LogP contribution in [0.25, 0.3) is 0 Å². The van der Waals surface area contributed by atoms with Gasteiger partial charge in [0.1, 0.15) is 29.1 Å². The van der Waals surface area contributed by atoms with E-state index in [-0.39, 0.29) is 6.10 Å². The van der Waals surface area contributed by atoms with E-state index in [1.807, 2.05) is 47.3 Å². The third-order valence-corrected chi connectivity index (χ3v) is 4.32. The maximum absolute atomic E-state index is 9.54. The summed E-state index contributed by atoms with van der Waals surface area (Å²) in [4.78, 5) is 0. The maximum atomic E-state index is 9.54. The molecule has 0 saturated carbocycles. The lowest BCUT2D eigenvalue weighted by molar-refractivity contribution is 0.0681. The summed E-state index contributed by atoms with van der Waals surface area (Å²) < 4.78 is 15.8. The van der Waals surface area contributed by atoms with Gasteiger partial charge in [-0.3, -0.25) is 0 Å². The molecule has 0 saturated heterocycles. The first-order chi connectivity index (χ1) is 10.7. The van der Waals surface area contributed by atoms with Crippen LogP contribution in [0.2, 0.25) is 0 Å². The smallest absolute Gasteiger partial charge is 0.423 e. The lowest BCUT2D eigenvalue weighted by Gasteiger charge is -2.15. The summed E-state index contributed by atoms with van der Waals surface area (Å²) in [5.41, 5.74) is 1.89. The molecule has 1 rings (SSSR count). The fourth-order valence-corrected chi connectivity index (χ4v) is 2.43. The molecule has 0 spiro atoms. The predicted octanol–water partition coefficient (Wildman–Crippen LogP) is 2.38. The van der Waals surface area contributed by atoms with Gasteiger partial charge in [0.05, 0.1) is 29.6 Å². The van der Waals surface area contributed by atoms with Crippen molar-refractivity contribution in [2.75, 3.05) is 19.8 Å². The monoisotopic (exact) mass is 533 g/mol. The summed E-state index contributed by atoms with van der Waals surface area (Å²) >= 11 is 3.61. The van der Waals surface area contributed by atoms with E-state index in [0.717, 1.165) is 43.6 Å². The first kappa shape index (κ1) is 20.6. The Morgan fingerprint density at radius 2 is 2.00 bits per heavy atom. The van der Waals surface area contributed by atoms with Crippen molar-refractivity contribution in [3.8, 4) is 0 Å². The minimum atomic E-state index is -0.875. The Morgan fingerprint density at radius 1 is 1.27 bits per heavy atom. The summed E-state index contributed by atoms with van der Waals surface area (Å²) in [6, 6.07) is 7.67. The van der Waals surface area contributed by atoms with Gasteiger partial charge in [0.25, 0.3) is 0 Å². The second-order valence-corrected chi connectivity index (χ2v) is 5.97. The molecule has 1 aromatic carbocycles. The normalized spacial score (nSPS) is 12.4. The van der Waals surface area contributed by atoms with E-state index >= 15 is 0 Å². The van der Waals surface area contributed by atoms with Gasteiger partial charge < -0.3 is 21.1 Å². The predicted molar refractivity (Wildman–Crippen MR) is 105 cm³/mol. The molecule has 8 heteroatoms. The Kier molecular flexibility index (Phi) is 12.1. The minimum absolute atomic E-state index is 0.0472. The number of hydrogen-bond donors (Lipinski definition) is 2. The van der Waals surface area contributed by atoms with Crippen molar-refractivity contribution >= 4 is 58.6 Å². The third-order valence-electron chi connectivity index (χ3n) is 3.12. The first-order valence-electron chi connectivity index (χ1n) is 7.31. The van der Waals surface area contributed by atoms with Gasteiger partial charge in [0.2, 0.25) is 0 Å². The third kappa shape index (κ3) is 8.41. The average Bonchev–Trinajstić information content (AvgIpc) is 2.57. The van der Waals surface area contributed by atoms with Crippen LogP contribution in [0.15, 0.2) is 24.3 Å². The van der Waals surface area contributed by atoms with Crippen LogP contribution < -0.4 is 10.8 Å². The van der Waals surface area contributed by atoms with Crippen LogP contribution in [0.5, 0.6) is 0 Å². The molecular weight excluding hydrogens is 511 g/mol. The van der Waals surface area contributed by atoms with Crippen LogP contribution in [0.1, 0.15) is 25.3 Å². The van der Waals surface area contributed by atoms with Crippen molar-refractivity contribution in [1.82, 2.24) is 5.32 Å². The Morgan fingerprint density at radius 3 is 2.59 bits per heavy atom. The topological polar surface area (TPSA) is 60.0 Å². The van der Waals surface area contributed by atoms with Crippen molar-refractivity contribution < 1.29 is 15.8 Å². The van der Waals surface area contributed by atoms with Crippen molar-refractivity contribution in [1.29, 1.82) is 0 Å². The number of nitrogens with one attached hydrogen (secondary N) is 1. The zero-order chi connectivity index (χ0) is 16.2. The van der Waals surface area contributed by atoms with Crippen molar-refractivity contribution in [3.05, 3.63) is 29.8 Å². The van der Waals surface area contributed by atoms with E-state index in [2.05, 4.69) is 12.2 Å². The van der Waals surface area contributed by atoms with Crippen LogP contribution in [-0.2, 0) is 17.3 Å². The molecule has 0 aliphatic rings. The van der Waals surface area contributed by atoms with E-state index < -0.39 is 7.12 Å². The average molecular weight is 533 g/mol. The Balaban J connectivity index is 2.27. The molecule has 0 aliphatic carbocycles. The highest BCUT2D eigenvalue weighted by Gasteiger charge is 2.14. The van der Waals surface area contributed by atoms with E-state index in [4.69, 9.17) is 10.8 Å². The van der Waals surface area contributed by atoms with E-state index in [9.17, 15) is 5.02 Å². The molecule has 0 heterocycles. The number of hydrogen-bond acceptors (Lipinski definition) is 5. The van der Waals surface area contributed by atoms with Crippen LogP contribution in [0.4, 0.5) is 0 Å². The van der Waals surface area contributed by atoms with Crippen LogP contribution in [0, 0.1) is 0 Å². The minimum Gasteiger partial charge on any atom is -0.423 e. The zero-order valence-corrected chi connectivity index (χ0v) is 16.9. The van der Waals surface area contributed by atoms with Gasteiger partial charge in [0.15, 0.2) is 0 Å². The van der Waals surface area contributed by atoms with Gasteiger partial charge in [-0.2, -0.15) is 0 Å².